The Kier molecular flexibility index (Phi) is 2.85. The fourth-order valence-corrected chi connectivity index (χ4v) is 6.54. The average Bonchev–Trinajstić information content (AvgIpc) is 2.69. The molecule has 1 N–H and O–H groups in total. The van der Waals surface area contributed by atoms with Gasteiger partial charge in [-0.2, -0.15) is 0 Å². The Morgan fingerprint density at radius 2 is 1.81 bits per heavy atom. The number of hydrogen-bond donors (Lipinski definition) is 1. The molecule has 0 aromatic rings. The van der Waals surface area contributed by atoms with Crippen LogP contribution < -0.4 is 0 Å². The van der Waals surface area contributed by atoms with E-state index in [0.717, 1.165) is 24.2 Å². The third kappa shape index (κ3) is 1.67. The van der Waals surface area contributed by atoms with E-state index >= 15 is 0 Å². The van der Waals surface area contributed by atoms with Crippen LogP contribution in [0.15, 0.2) is 23.8 Å². The van der Waals surface area contributed by atoms with Crippen molar-refractivity contribution in [2.45, 2.75) is 71.3 Å². The lowest BCUT2D eigenvalue weighted by molar-refractivity contribution is -0.111. The largest absolute Gasteiger partial charge is 0.390 e. The van der Waals surface area contributed by atoms with Crippen LogP contribution in [0.4, 0.5) is 0 Å². The fourth-order valence-electron chi connectivity index (χ4n) is 6.54. The Hall–Kier alpha value is -0.560. The summed E-state index contributed by atoms with van der Waals surface area (Å²) < 4.78 is 0. The van der Waals surface area contributed by atoms with Crippen LogP contribution in [0.1, 0.15) is 65.7 Å². The second-order valence-corrected chi connectivity index (χ2v) is 8.90. The molecule has 0 radical (unpaired) electrons. The van der Waals surface area contributed by atoms with Crippen LogP contribution in [0.5, 0.6) is 0 Å². The molecule has 0 unspecified atom stereocenters. The summed E-state index contributed by atoms with van der Waals surface area (Å²) in [7, 11) is 0. The lowest BCUT2D eigenvalue weighted by atomic mass is 9.48. The zero-order valence-corrected chi connectivity index (χ0v) is 13.9. The molecular formula is C20H30O. The molecule has 0 aromatic heterocycles. The van der Waals surface area contributed by atoms with E-state index in [0.29, 0.717) is 5.41 Å². The van der Waals surface area contributed by atoms with Crippen LogP contribution in [-0.2, 0) is 0 Å². The minimum atomic E-state index is -0.444. The van der Waals surface area contributed by atoms with E-state index in [1.807, 2.05) is 0 Å². The number of rotatable bonds is 0. The molecule has 2 saturated carbocycles. The van der Waals surface area contributed by atoms with Gasteiger partial charge in [-0.1, -0.05) is 32.1 Å². The zero-order valence-electron chi connectivity index (χ0n) is 13.9. The summed E-state index contributed by atoms with van der Waals surface area (Å²) in [5.41, 5.74) is 1.73. The van der Waals surface area contributed by atoms with Gasteiger partial charge in [-0.25, -0.2) is 0 Å². The average molecular weight is 286 g/mol. The van der Waals surface area contributed by atoms with E-state index in [2.05, 4.69) is 39.0 Å². The molecule has 4 rings (SSSR count). The Bertz CT molecular complexity index is 514. The number of aliphatic hydroxyl groups is 1. The predicted octanol–water partition coefficient (Wildman–Crippen LogP) is 4.87. The highest BCUT2D eigenvalue weighted by Gasteiger charge is 2.61. The van der Waals surface area contributed by atoms with Gasteiger partial charge in [0.2, 0.25) is 0 Å². The van der Waals surface area contributed by atoms with Crippen molar-refractivity contribution < 1.29 is 5.11 Å². The first-order valence-electron chi connectivity index (χ1n) is 8.98. The zero-order chi connectivity index (χ0) is 14.9. The van der Waals surface area contributed by atoms with Gasteiger partial charge in [-0.15, -0.1) is 0 Å². The van der Waals surface area contributed by atoms with Gasteiger partial charge in [0.05, 0.1) is 5.60 Å². The Balaban J connectivity index is 1.73. The van der Waals surface area contributed by atoms with Crippen molar-refractivity contribution in [2.75, 3.05) is 0 Å². The molecule has 21 heavy (non-hydrogen) atoms. The van der Waals surface area contributed by atoms with Crippen molar-refractivity contribution in [1.82, 2.24) is 0 Å². The second-order valence-electron chi connectivity index (χ2n) is 8.90. The maximum Gasteiger partial charge on any atom is 0.0675 e. The highest BCUT2D eigenvalue weighted by Crippen LogP contribution is 2.66. The SMILES string of the molecule is C[C@]12CCC=CC1=CC[C@@H]1[C@@H]2CC[C@@]2(C)[C@H]1CC[C@]2(C)O. The first-order valence-corrected chi connectivity index (χ1v) is 8.98. The minimum absolute atomic E-state index is 0.153. The van der Waals surface area contributed by atoms with Crippen molar-refractivity contribution in [1.29, 1.82) is 0 Å². The predicted molar refractivity (Wildman–Crippen MR) is 86.8 cm³/mol. The first-order chi connectivity index (χ1) is 9.88. The summed E-state index contributed by atoms with van der Waals surface area (Å²) in [6.07, 6.45) is 15.9. The third-order valence-electron chi connectivity index (χ3n) is 8.21. The van der Waals surface area contributed by atoms with E-state index < -0.39 is 5.60 Å². The molecule has 4 aliphatic carbocycles. The molecule has 0 aromatic carbocycles. The monoisotopic (exact) mass is 286 g/mol. The molecule has 1 nitrogen and oxygen atoms in total. The van der Waals surface area contributed by atoms with Crippen molar-refractivity contribution in [3.05, 3.63) is 23.8 Å². The number of allylic oxidation sites excluding steroid dienone is 4. The summed E-state index contributed by atoms with van der Waals surface area (Å²) in [6.45, 7) is 7.00. The lowest BCUT2D eigenvalue weighted by Gasteiger charge is -2.57. The minimum Gasteiger partial charge on any atom is -0.390 e. The molecule has 4 aliphatic rings. The Labute approximate surface area is 129 Å². The van der Waals surface area contributed by atoms with Crippen LogP contribution in [0.3, 0.4) is 0 Å². The van der Waals surface area contributed by atoms with E-state index in [-0.39, 0.29) is 5.41 Å². The topological polar surface area (TPSA) is 20.2 Å². The molecule has 0 spiro atoms. The van der Waals surface area contributed by atoms with Gasteiger partial charge >= 0.3 is 0 Å². The van der Waals surface area contributed by atoms with Gasteiger partial charge in [-0.05, 0) is 86.0 Å². The summed E-state index contributed by atoms with van der Waals surface area (Å²) in [6, 6.07) is 0. The van der Waals surface area contributed by atoms with Gasteiger partial charge in [-0.3, -0.25) is 0 Å². The molecule has 0 amide bonds. The molecule has 0 heterocycles. The van der Waals surface area contributed by atoms with Crippen molar-refractivity contribution in [3.8, 4) is 0 Å². The highest BCUT2D eigenvalue weighted by atomic mass is 16.3. The molecule has 1 heteroatoms. The molecule has 0 bridgehead atoms. The summed E-state index contributed by atoms with van der Waals surface area (Å²) in [5.74, 6) is 2.37. The molecule has 0 saturated heterocycles. The Morgan fingerprint density at radius 3 is 2.62 bits per heavy atom. The number of hydrogen-bond acceptors (Lipinski definition) is 1. The molecule has 0 aliphatic heterocycles. The summed E-state index contributed by atoms with van der Waals surface area (Å²) in [5, 5.41) is 10.9. The van der Waals surface area contributed by atoms with E-state index in [9.17, 15) is 5.11 Å². The third-order valence-corrected chi connectivity index (χ3v) is 8.21. The Morgan fingerprint density at radius 1 is 1.05 bits per heavy atom. The van der Waals surface area contributed by atoms with Gasteiger partial charge < -0.3 is 5.11 Å². The highest BCUT2D eigenvalue weighted by molar-refractivity contribution is 5.34. The van der Waals surface area contributed by atoms with Gasteiger partial charge in [0.1, 0.15) is 0 Å². The molecule has 6 atom stereocenters. The van der Waals surface area contributed by atoms with E-state index in [1.165, 1.54) is 38.5 Å². The van der Waals surface area contributed by atoms with Crippen LogP contribution in [0.2, 0.25) is 0 Å². The maximum absolute atomic E-state index is 10.9. The van der Waals surface area contributed by atoms with E-state index in [4.69, 9.17) is 0 Å². The molecule has 116 valence electrons. The van der Waals surface area contributed by atoms with Crippen molar-refractivity contribution in [2.24, 2.45) is 28.6 Å². The van der Waals surface area contributed by atoms with Crippen molar-refractivity contribution >= 4 is 0 Å². The summed E-state index contributed by atoms with van der Waals surface area (Å²) >= 11 is 0. The summed E-state index contributed by atoms with van der Waals surface area (Å²) in [4.78, 5) is 0. The van der Waals surface area contributed by atoms with Crippen LogP contribution in [0, 0.1) is 28.6 Å². The van der Waals surface area contributed by atoms with Crippen LogP contribution >= 0.6 is 0 Å². The van der Waals surface area contributed by atoms with Gasteiger partial charge in [0.15, 0.2) is 0 Å². The van der Waals surface area contributed by atoms with Crippen LogP contribution in [0.25, 0.3) is 0 Å². The van der Waals surface area contributed by atoms with Crippen LogP contribution in [-0.4, -0.2) is 10.7 Å². The van der Waals surface area contributed by atoms with E-state index in [1.54, 1.807) is 5.57 Å². The smallest absolute Gasteiger partial charge is 0.0675 e. The molecule has 2 fully saturated rings. The fraction of sp³-hybridized carbons (Fsp3) is 0.800. The first kappa shape index (κ1) is 14.1. The van der Waals surface area contributed by atoms with Gasteiger partial charge in [0.25, 0.3) is 0 Å². The number of fused-ring (bicyclic) bond motifs is 5. The maximum atomic E-state index is 10.9. The van der Waals surface area contributed by atoms with Gasteiger partial charge in [0, 0.05) is 0 Å². The quantitative estimate of drug-likeness (QED) is 0.674. The normalized spacial score (nSPS) is 55.4. The second kappa shape index (κ2) is 4.25. The lowest BCUT2D eigenvalue weighted by Crippen LogP contribution is -2.53. The molecular weight excluding hydrogens is 256 g/mol. The standard InChI is InChI=1S/C20H30O/c1-18-11-5-4-6-14(18)7-8-15-16(18)9-12-19(2)17(15)10-13-20(19,3)21/h4,6-7,15-17,21H,5,8-13H2,1-3H3/t15-,16+,17+,18+,19+,20+/m1/s1. The van der Waals surface area contributed by atoms with Crippen molar-refractivity contribution in [3.63, 3.8) is 0 Å².